The number of carbonyl (C=O) groups is 3. The van der Waals surface area contributed by atoms with Crippen LogP contribution in [0.4, 0.5) is 0 Å². The molecule has 0 unspecified atom stereocenters. The molecule has 0 fully saturated rings. The highest BCUT2D eigenvalue weighted by atomic mass is 16.4. The topological polar surface area (TPSA) is 112 Å². The fourth-order valence-electron chi connectivity index (χ4n) is 3.64. The van der Waals surface area contributed by atoms with E-state index in [-0.39, 0.29) is 43.4 Å². The van der Waals surface area contributed by atoms with E-state index in [9.17, 15) is 14.4 Å². The summed E-state index contributed by atoms with van der Waals surface area (Å²) in [6.07, 6.45) is 13.1. The summed E-state index contributed by atoms with van der Waals surface area (Å²) in [5.74, 6) is -2.82. The Morgan fingerprint density at radius 2 is 0.931 bits per heavy atom. The molecular weight excluding hydrogens is 374 g/mol. The molecule has 0 atom stereocenters. The Morgan fingerprint density at radius 1 is 0.586 bits per heavy atom. The SMILES string of the molecule is C=CCCCCCCCCCCC[N+](CCC(=O)O)(CCC(=O)O)CCC(=O)O. The van der Waals surface area contributed by atoms with E-state index < -0.39 is 17.9 Å². The Kier molecular flexibility index (Phi) is 15.9. The standard InChI is InChI=1S/C22H39NO6/c1-2-3-4-5-6-7-8-9-10-11-12-16-23(17-13-20(24)25,18-14-21(26)27)19-15-22(28)29/h2H,1,3-19H2,(H2-,24,25,26,27,28,29)/p+1. The van der Waals surface area contributed by atoms with Crippen LogP contribution in [0.1, 0.15) is 83.5 Å². The minimum atomic E-state index is -0.939. The summed E-state index contributed by atoms with van der Waals surface area (Å²) < 4.78 is 0.258. The molecular formula is C22H40NO6+. The summed E-state index contributed by atoms with van der Waals surface area (Å²) in [6.45, 7) is 5.20. The molecule has 0 aliphatic heterocycles. The molecule has 0 aromatic rings. The second kappa shape index (κ2) is 17.0. The number of quaternary nitrogens is 1. The van der Waals surface area contributed by atoms with Gasteiger partial charge >= 0.3 is 17.9 Å². The highest BCUT2D eigenvalue weighted by Crippen LogP contribution is 2.17. The average Bonchev–Trinajstić information content (AvgIpc) is 2.66. The number of nitrogens with zero attached hydrogens (tertiary/aromatic N) is 1. The molecule has 7 nitrogen and oxygen atoms in total. The van der Waals surface area contributed by atoms with Crippen molar-refractivity contribution in [3.63, 3.8) is 0 Å². The highest BCUT2D eigenvalue weighted by molar-refractivity contribution is 5.67. The van der Waals surface area contributed by atoms with E-state index in [0.717, 1.165) is 25.7 Å². The Labute approximate surface area is 175 Å². The van der Waals surface area contributed by atoms with Crippen molar-refractivity contribution in [1.29, 1.82) is 0 Å². The minimum Gasteiger partial charge on any atom is -0.481 e. The van der Waals surface area contributed by atoms with Gasteiger partial charge in [-0.15, -0.1) is 6.58 Å². The van der Waals surface area contributed by atoms with Crippen LogP contribution >= 0.6 is 0 Å². The number of allylic oxidation sites excluding steroid dienone is 1. The van der Waals surface area contributed by atoms with Crippen LogP contribution in [0.5, 0.6) is 0 Å². The molecule has 0 aliphatic rings. The molecule has 0 spiro atoms. The first-order valence-corrected chi connectivity index (χ1v) is 10.9. The maximum absolute atomic E-state index is 11.0. The summed E-state index contributed by atoms with van der Waals surface area (Å²) in [5, 5.41) is 27.1. The second-order valence-corrected chi connectivity index (χ2v) is 7.93. The number of hydrogen-bond donors (Lipinski definition) is 3. The monoisotopic (exact) mass is 414 g/mol. The van der Waals surface area contributed by atoms with Crippen molar-refractivity contribution in [2.75, 3.05) is 26.2 Å². The van der Waals surface area contributed by atoms with E-state index in [2.05, 4.69) is 6.58 Å². The maximum atomic E-state index is 11.0. The first-order chi connectivity index (χ1) is 13.8. The molecule has 0 heterocycles. The predicted molar refractivity (Wildman–Crippen MR) is 113 cm³/mol. The van der Waals surface area contributed by atoms with Crippen molar-refractivity contribution < 1.29 is 34.2 Å². The van der Waals surface area contributed by atoms with Crippen molar-refractivity contribution >= 4 is 17.9 Å². The molecule has 0 aromatic heterocycles. The number of hydrogen-bond acceptors (Lipinski definition) is 3. The molecule has 0 aliphatic carbocycles. The van der Waals surface area contributed by atoms with E-state index >= 15 is 0 Å². The van der Waals surface area contributed by atoms with Gasteiger partial charge in [-0.3, -0.25) is 14.4 Å². The van der Waals surface area contributed by atoms with Crippen LogP contribution < -0.4 is 0 Å². The van der Waals surface area contributed by atoms with Crippen molar-refractivity contribution in [3.8, 4) is 0 Å². The second-order valence-electron chi connectivity index (χ2n) is 7.93. The normalized spacial score (nSPS) is 11.3. The molecule has 0 aromatic carbocycles. The molecule has 29 heavy (non-hydrogen) atoms. The third kappa shape index (κ3) is 16.7. The average molecular weight is 415 g/mol. The van der Waals surface area contributed by atoms with Gasteiger partial charge in [-0.25, -0.2) is 0 Å². The van der Waals surface area contributed by atoms with Gasteiger partial charge in [0.05, 0.1) is 45.4 Å². The van der Waals surface area contributed by atoms with Crippen molar-refractivity contribution in [2.24, 2.45) is 0 Å². The van der Waals surface area contributed by atoms with E-state index in [0.29, 0.717) is 6.54 Å². The van der Waals surface area contributed by atoms with Crippen molar-refractivity contribution in [3.05, 3.63) is 12.7 Å². The largest absolute Gasteiger partial charge is 0.481 e. The highest BCUT2D eigenvalue weighted by Gasteiger charge is 2.29. The molecule has 0 amide bonds. The third-order valence-corrected chi connectivity index (χ3v) is 5.44. The van der Waals surface area contributed by atoms with Crippen LogP contribution in [-0.2, 0) is 14.4 Å². The van der Waals surface area contributed by atoms with Gasteiger partial charge in [-0.2, -0.15) is 0 Å². The quantitative estimate of drug-likeness (QED) is 0.147. The molecule has 3 N–H and O–H groups in total. The molecule has 0 saturated heterocycles. The summed E-state index contributed by atoms with van der Waals surface area (Å²) in [7, 11) is 0. The van der Waals surface area contributed by atoms with Gasteiger partial charge in [0.2, 0.25) is 0 Å². The van der Waals surface area contributed by atoms with E-state index in [1.165, 1.54) is 38.5 Å². The lowest BCUT2D eigenvalue weighted by atomic mass is 10.1. The van der Waals surface area contributed by atoms with Gasteiger partial charge < -0.3 is 19.8 Å². The number of carboxylic acids is 3. The van der Waals surface area contributed by atoms with Crippen LogP contribution in [0.15, 0.2) is 12.7 Å². The first kappa shape index (κ1) is 27.1. The third-order valence-electron chi connectivity index (χ3n) is 5.44. The Hall–Kier alpha value is -1.89. The van der Waals surface area contributed by atoms with Crippen LogP contribution in [0, 0.1) is 0 Å². The zero-order valence-corrected chi connectivity index (χ0v) is 17.8. The molecule has 0 saturated carbocycles. The molecule has 0 bridgehead atoms. The first-order valence-electron chi connectivity index (χ1n) is 10.9. The Balaban J connectivity index is 4.37. The fourth-order valence-corrected chi connectivity index (χ4v) is 3.64. The lowest BCUT2D eigenvalue weighted by Gasteiger charge is -2.38. The predicted octanol–water partition coefficient (Wildman–Crippen LogP) is 4.31. The molecule has 0 radical (unpaired) electrons. The summed E-state index contributed by atoms with van der Waals surface area (Å²) in [4.78, 5) is 33.1. The summed E-state index contributed by atoms with van der Waals surface area (Å²) in [6, 6.07) is 0. The van der Waals surface area contributed by atoms with Gasteiger partial charge in [0.1, 0.15) is 0 Å². The molecule has 168 valence electrons. The summed E-state index contributed by atoms with van der Waals surface area (Å²) >= 11 is 0. The van der Waals surface area contributed by atoms with Gasteiger partial charge in [0, 0.05) is 0 Å². The van der Waals surface area contributed by atoms with Crippen LogP contribution in [0.25, 0.3) is 0 Å². The van der Waals surface area contributed by atoms with Gasteiger partial charge in [-0.05, 0) is 25.7 Å². The number of carboxylic acid groups (broad SMARTS) is 3. The maximum Gasteiger partial charge on any atom is 0.309 e. The van der Waals surface area contributed by atoms with Gasteiger partial charge in [0.15, 0.2) is 0 Å². The van der Waals surface area contributed by atoms with Crippen LogP contribution in [0.3, 0.4) is 0 Å². The van der Waals surface area contributed by atoms with E-state index in [4.69, 9.17) is 15.3 Å². The van der Waals surface area contributed by atoms with Crippen LogP contribution in [0.2, 0.25) is 0 Å². The summed E-state index contributed by atoms with van der Waals surface area (Å²) in [5.41, 5.74) is 0. The zero-order chi connectivity index (χ0) is 22.0. The number of unbranched alkanes of at least 4 members (excludes halogenated alkanes) is 9. The van der Waals surface area contributed by atoms with E-state index in [1.807, 2.05) is 6.08 Å². The van der Waals surface area contributed by atoms with Gasteiger partial charge in [0.25, 0.3) is 0 Å². The Bertz CT molecular complexity index is 446. The van der Waals surface area contributed by atoms with Crippen LogP contribution in [-0.4, -0.2) is 63.9 Å². The van der Waals surface area contributed by atoms with E-state index in [1.54, 1.807) is 0 Å². The fraction of sp³-hybridized carbons (Fsp3) is 0.773. The Morgan fingerprint density at radius 3 is 1.28 bits per heavy atom. The lowest BCUT2D eigenvalue weighted by Crippen LogP contribution is -2.52. The van der Waals surface area contributed by atoms with Crippen molar-refractivity contribution in [1.82, 2.24) is 0 Å². The number of aliphatic carboxylic acids is 3. The molecule has 7 heteroatoms. The van der Waals surface area contributed by atoms with Crippen molar-refractivity contribution in [2.45, 2.75) is 83.5 Å². The van der Waals surface area contributed by atoms with Gasteiger partial charge in [-0.1, -0.05) is 44.6 Å². The zero-order valence-electron chi connectivity index (χ0n) is 17.8. The lowest BCUT2D eigenvalue weighted by molar-refractivity contribution is -0.927. The minimum absolute atomic E-state index is 0.0783. The number of rotatable bonds is 21. The molecule has 0 rings (SSSR count). The smallest absolute Gasteiger partial charge is 0.309 e.